The van der Waals surface area contributed by atoms with Crippen LogP contribution in [0.15, 0.2) is 12.1 Å². The molecule has 0 saturated heterocycles. The maximum absolute atomic E-state index is 13.1. The van der Waals surface area contributed by atoms with Crippen molar-refractivity contribution in [1.29, 1.82) is 0 Å². The van der Waals surface area contributed by atoms with Gasteiger partial charge < -0.3 is 4.74 Å². The van der Waals surface area contributed by atoms with Gasteiger partial charge in [0.2, 0.25) is 0 Å². The number of ether oxygens (including phenoxy) is 1. The van der Waals surface area contributed by atoms with Gasteiger partial charge in [-0.2, -0.15) is 0 Å². The van der Waals surface area contributed by atoms with Crippen LogP contribution in [0, 0.1) is 17.5 Å². The molecular weight excluding hydrogens is 193 g/mol. The van der Waals surface area contributed by atoms with E-state index in [9.17, 15) is 13.2 Å². The summed E-state index contributed by atoms with van der Waals surface area (Å²) < 4.78 is 43.3. The minimum Gasteiger partial charge on any atom is -0.384 e. The normalized spacial score (nSPS) is 12.9. The van der Waals surface area contributed by atoms with Gasteiger partial charge in [-0.1, -0.05) is 6.92 Å². The van der Waals surface area contributed by atoms with Crippen LogP contribution in [-0.2, 0) is 4.74 Å². The first-order valence-electron chi connectivity index (χ1n) is 4.19. The highest BCUT2D eigenvalue weighted by Crippen LogP contribution is 2.21. The third-order valence-electron chi connectivity index (χ3n) is 1.99. The number of benzene rings is 1. The summed E-state index contributed by atoms with van der Waals surface area (Å²) >= 11 is 0. The van der Waals surface area contributed by atoms with Gasteiger partial charge in [-0.25, -0.2) is 13.2 Å². The molecule has 1 atom stereocenters. The first-order chi connectivity index (χ1) is 6.56. The quantitative estimate of drug-likeness (QED) is 0.688. The summed E-state index contributed by atoms with van der Waals surface area (Å²) in [7, 11) is 1.47. The summed E-state index contributed by atoms with van der Waals surface area (Å²) in [5.41, 5.74) is 0.130. The first kappa shape index (κ1) is 11.0. The predicted octanol–water partition coefficient (Wildman–Crippen LogP) is 2.85. The fourth-order valence-electron chi connectivity index (χ4n) is 1.26. The third-order valence-corrected chi connectivity index (χ3v) is 1.99. The fraction of sp³-hybridized carbons (Fsp3) is 0.400. The monoisotopic (exact) mass is 204 g/mol. The van der Waals surface area contributed by atoms with Gasteiger partial charge in [0.25, 0.3) is 0 Å². The van der Waals surface area contributed by atoms with Crippen LogP contribution in [0.2, 0.25) is 0 Å². The summed E-state index contributed by atoms with van der Waals surface area (Å²) in [6.45, 7) is 1.95. The second-order valence-corrected chi connectivity index (χ2v) is 3.14. The van der Waals surface area contributed by atoms with E-state index >= 15 is 0 Å². The average Bonchev–Trinajstić information content (AvgIpc) is 2.11. The number of hydrogen-bond acceptors (Lipinski definition) is 1. The van der Waals surface area contributed by atoms with Crippen LogP contribution >= 0.6 is 0 Å². The Bertz CT molecular complexity index is 325. The highest BCUT2D eigenvalue weighted by molar-refractivity contribution is 5.23. The van der Waals surface area contributed by atoms with Crippen molar-refractivity contribution in [3.63, 3.8) is 0 Å². The van der Waals surface area contributed by atoms with Gasteiger partial charge in [0, 0.05) is 19.1 Å². The fourth-order valence-corrected chi connectivity index (χ4v) is 1.26. The zero-order valence-electron chi connectivity index (χ0n) is 7.98. The number of hydrogen-bond donors (Lipinski definition) is 0. The maximum atomic E-state index is 13.1. The highest BCUT2D eigenvalue weighted by Gasteiger charge is 2.14. The van der Waals surface area contributed by atoms with Gasteiger partial charge in [-0.3, -0.25) is 0 Å². The summed E-state index contributed by atoms with van der Waals surface area (Å²) in [5.74, 6) is -3.25. The molecule has 78 valence electrons. The van der Waals surface area contributed by atoms with Crippen LogP contribution in [0.3, 0.4) is 0 Å². The zero-order valence-corrected chi connectivity index (χ0v) is 7.98. The van der Waals surface area contributed by atoms with Crippen molar-refractivity contribution in [3.05, 3.63) is 35.1 Å². The average molecular weight is 204 g/mol. The van der Waals surface area contributed by atoms with Crippen LogP contribution in [0.4, 0.5) is 13.2 Å². The van der Waals surface area contributed by atoms with Crippen LogP contribution in [-0.4, -0.2) is 13.7 Å². The molecule has 0 amide bonds. The molecule has 0 aromatic heterocycles. The van der Waals surface area contributed by atoms with Gasteiger partial charge in [-0.15, -0.1) is 0 Å². The lowest BCUT2D eigenvalue weighted by atomic mass is 10.0. The Morgan fingerprint density at radius 2 is 1.71 bits per heavy atom. The van der Waals surface area contributed by atoms with Crippen molar-refractivity contribution in [3.8, 4) is 0 Å². The number of rotatable bonds is 3. The topological polar surface area (TPSA) is 9.23 Å². The molecule has 14 heavy (non-hydrogen) atoms. The molecule has 4 heteroatoms. The Balaban J connectivity index is 3.02. The van der Waals surface area contributed by atoms with Gasteiger partial charge >= 0.3 is 0 Å². The van der Waals surface area contributed by atoms with Gasteiger partial charge in [0.15, 0.2) is 11.6 Å². The van der Waals surface area contributed by atoms with Crippen molar-refractivity contribution < 1.29 is 17.9 Å². The molecule has 0 heterocycles. The van der Waals surface area contributed by atoms with E-state index in [1.165, 1.54) is 7.11 Å². The van der Waals surface area contributed by atoms with Crippen molar-refractivity contribution >= 4 is 0 Å². The number of halogens is 3. The molecule has 0 aliphatic rings. The van der Waals surface area contributed by atoms with E-state index in [0.29, 0.717) is 6.07 Å². The lowest BCUT2D eigenvalue weighted by Crippen LogP contribution is -2.05. The minimum absolute atomic E-state index is 0.130. The Labute approximate surface area is 80.5 Å². The van der Waals surface area contributed by atoms with Gasteiger partial charge in [-0.05, 0) is 11.6 Å². The van der Waals surface area contributed by atoms with Gasteiger partial charge in [0.1, 0.15) is 5.82 Å². The second kappa shape index (κ2) is 4.46. The Morgan fingerprint density at radius 1 is 1.14 bits per heavy atom. The van der Waals surface area contributed by atoms with Crippen molar-refractivity contribution in [1.82, 2.24) is 0 Å². The van der Waals surface area contributed by atoms with E-state index in [1.54, 1.807) is 6.92 Å². The molecule has 0 aliphatic carbocycles. The van der Waals surface area contributed by atoms with Crippen molar-refractivity contribution in [2.24, 2.45) is 0 Å². The second-order valence-electron chi connectivity index (χ2n) is 3.14. The van der Waals surface area contributed by atoms with Crippen LogP contribution in [0.5, 0.6) is 0 Å². The molecule has 0 spiro atoms. The highest BCUT2D eigenvalue weighted by atomic mass is 19.2. The summed E-state index contributed by atoms with van der Waals surface area (Å²) in [6.07, 6.45) is 0. The number of methoxy groups -OCH3 is 1. The maximum Gasteiger partial charge on any atom is 0.161 e. The largest absolute Gasteiger partial charge is 0.384 e. The Kier molecular flexibility index (Phi) is 3.52. The first-order valence-corrected chi connectivity index (χ1v) is 4.19. The van der Waals surface area contributed by atoms with E-state index in [0.717, 1.165) is 6.07 Å². The van der Waals surface area contributed by atoms with E-state index < -0.39 is 17.5 Å². The SMILES string of the molecule is COCC(C)c1cc(F)c(F)cc1F. The van der Waals surface area contributed by atoms with Crippen LogP contribution in [0.1, 0.15) is 18.4 Å². The molecule has 0 saturated carbocycles. The molecule has 1 aromatic rings. The van der Waals surface area contributed by atoms with E-state index in [1.807, 2.05) is 0 Å². The molecule has 1 unspecified atom stereocenters. The molecule has 0 N–H and O–H groups in total. The molecule has 0 bridgehead atoms. The summed E-state index contributed by atoms with van der Waals surface area (Å²) in [5, 5.41) is 0. The summed E-state index contributed by atoms with van der Waals surface area (Å²) in [4.78, 5) is 0. The van der Waals surface area contributed by atoms with Crippen LogP contribution < -0.4 is 0 Å². The molecule has 1 nitrogen and oxygen atoms in total. The minimum atomic E-state index is -1.17. The Hall–Kier alpha value is -1.03. The molecule has 0 aliphatic heterocycles. The van der Waals surface area contributed by atoms with Crippen LogP contribution in [0.25, 0.3) is 0 Å². The van der Waals surface area contributed by atoms with Crippen molar-refractivity contribution in [2.75, 3.05) is 13.7 Å². The third kappa shape index (κ3) is 2.26. The van der Waals surface area contributed by atoms with Gasteiger partial charge in [0.05, 0.1) is 6.61 Å². The Morgan fingerprint density at radius 3 is 2.29 bits per heavy atom. The lowest BCUT2D eigenvalue weighted by Gasteiger charge is -2.11. The van der Waals surface area contributed by atoms with Crippen molar-refractivity contribution in [2.45, 2.75) is 12.8 Å². The van der Waals surface area contributed by atoms with E-state index in [4.69, 9.17) is 4.74 Å². The molecule has 0 fully saturated rings. The molecule has 1 aromatic carbocycles. The standard InChI is InChI=1S/C10H11F3O/c1-6(5-14-2)7-3-9(12)10(13)4-8(7)11/h3-4,6H,5H2,1-2H3. The van der Waals surface area contributed by atoms with E-state index in [-0.39, 0.29) is 18.1 Å². The lowest BCUT2D eigenvalue weighted by molar-refractivity contribution is 0.182. The predicted molar refractivity (Wildman–Crippen MR) is 46.6 cm³/mol. The molecular formula is C10H11F3O. The summed E-state index contributed by atoms with van der Waals surface area (Å²) in [6, 6.07) is 1.42. The molecule has 1 rings (SSSR count). The zero-order chi connectivity index (χ0) is 10.7. The van der Waals surface area contributed by atoms with E-state index in [2.05, 4.69) is 0 Å². The smallest absolute Gasteiger partial charge is 0.161 e. The molecule has 0 radical (unpaired) electrons.